The van der Waals surface area contributed by atoms with Crippen molar-refractivity contribution in [1.29, 1.82) is 0 Å². The molecule has 5 heteroatoms. The second kappa shape index (κ2) is 4.85. The Morgan fingerprint density at radius 1 is 1.30 bits per heavy atom. The number of benzene rings is 1. The van der Waals surface area contributed by atoms with Crippen LogP contribution in [0.1, 0.15) is 11.5 Å². The van der Waals surface area contributed by atoms with Gasteiger partial charge in [-0.2, -0.15) is 0 Å². The zero-order valence-corrected chi connectivity index (χ0v) is 11.0. The van der Waals surface area contributed by atoms with E-state index in [0.29, 0.717) is 29.9 Å². The van der Waals surface area contributed by atoms with Gasteiger partial charge in [0.15, 0.2) is 0 Å². The van der Waals surface area contributed by atoms with Gasteiger partial charge in [0.1, 0.15) is 5.76 Å². The van der Waals surface area contributed by atoms with E-state index in [2.05, 4.69) is 0 Å². The maximum Gasteiger partial charge on any atom is 0.424 e. The van der Waals surface area contributed by atoms with Gasteiger partial charge in [0, 0.05) is 18.4 Å². The van der Waals surface area contributed by atoms with E-state index < -0.39 is 5.76 Å². The lowest BCUT2D eigenvalue weighted by molar-refractivity contribution is -0.136. The Morgan fingerprint density at radius 3 is 2.75 bits per heavy atom. The fourth-order valence-corrected chi connectivity index (χ4v) is 2.38. The first-order valence-electron chi connectivity index (χ1n) is 6.27. The van der Waals surface area contributed by atoms with Gasteiger partial charge in [-0.3, -0.25) is 0 Å². The highest BCUT2D eigenvalue weighted by Gasteiger charge is 2.25. The van der Waals surface area contributed by atoms with Crippen LogP contribution >= 0.6 is 0 Å². The second-order valence-corrected chi connectivity index (χ2v) is 4.51. The molecule has 1 aromatic heterocycles. The van der Waals surface area contributed by atoms with Crippen molar-refractivity contribution in [3.05, 3.63) is 64.0 Å². The van der Waals surface area contributed by atoms with Crippen LogP contribution in [0.4, 0.5) is 0 Å². The van der Waals surface area contributed by atoms with Crippen molar-refractivity contribution in [3.63, 3.8) is 0 Å². The van der Waals surface area contributed by atoms with Crippen molar-refractivity contribution < 1.29 is 13.9 Å². The van der Waals surface area contributed by atoms with Crippen molar-refractivity contribution >= 4 is 5.97 Å². The molecule has 0 amide bonds. The Kier molecular flexibility index (Phi) is 3.02. The van der Waals surface area contributed by atoms with E-state index in [0.717, 1.165) is 5.69 Å². The van der Waals surface area contributed by atoms with Gasteiger partial charge in [0.2, 0.25) is 0 Å². The Labute approximate surface area is 115 Å². The van der Waals surface area contributed by atoms with Crippen LogP contribution in [0.25, 0.3) is 5.69 Å². The molecule has 1 heterocycles. The third-order valence-corrected chi connectivity index (χ3v) is 3.34. The number of carbonyl (C=O) groups excluding carboxylic acids is 1. The van der Waals surface area contributed by atoms with Crippen molar-refractivity contribution in [3.8, 4) is 5.69 Å². The number of hydrogen-bond acceptors (Lipinski definition) is 4. The molecule has 0 atom stereocenters. The molecule has 1 aliphatic rings. The van der Waals surface area contributed by atoms with Crippen LogP contribution in [0.5, 0.6) is 0 Å². The Balaban J connectivity index is 2.07. The van der Waals surface area contributed by atoms with Gasteiger partial charge in [-0.1, -0.05) is 24.3 Å². The molecule has 0 aliphatic heterocycles. The van der Waals surface area contributed by atoms with Gasteiger partial charge in [0.05, 0.1) is 18.5 Å². The quantitative estimate of drug-likeness (QED) is 0.779. The number of nitrogens with zero attached hydrogens (tertiary/aromatic N) is 1. The third kappa shape index (κ3) is 1.97. The number of ether oxygens (including phenoxy) is 1. The number of carbonyl (C=O) groups is 1. The van der Waals surface area contributed by atoms with Crippen molar-refractivity contribution in [2.24, 2.45) is 0 Å². The largest absolute Gasteiger partial charge is 0.466 e. The fourth-order valence-electron chi connectivity index (χ4n) is 2.38. The first kappa shape index (κ1) is 12.5. The summed E-state index contributed by atoms with van der Waals surface area (Å²) < 4.78 is 11.5. The molecule has 20 heavy (non-hydrogen) atoms. The zero-order valence-electron chi connectivity index (χ0n) is 11.0. The molecule has 0 fully saturated rings. The predicted molar refractivity (Wildman–Crippen MR) is 71.8 cm³/mol. The summed E-state index contributed by atoms with van der Waals surface area (Å²) in [5, 5.41) is 0. The van der Waals surface area contributed by atoms with E-state index in [4.69, 9.17) is 9.15 Å². The van der Waals surface area contributed by atoms with Crippen molar-refractivity contribution in [2.75, 3.05) is 7.11 Å². The number of para-hydroxylation sites is 1. The highest BCUT2D eigenvalue weighted by atomic mass is 16.5. The first-order chi connectivity index (χ1) is 9.70. The first-order valence-corrected chi connectivity index (χ1v) is 6.27. The predicted octanol–water partition coefficient (Wildman–Crippen LogP) is 1.63. The van der Waals surface area contributed by atoms with Gasteiger partial charge in [0.25, 0.3) is 0 Å². The van der Waals surface area contributed by atoms with E-state index in [-0.39, 0.29) is 5.97 Å². The maximum atomic E-state index is 12.0. The second-order valence-electron chi connectivity index (χ2n) is 4.51. The molecule has 0 saturated carbocycles. The normalized spacial score (nSPS) is 13.6. The fraction of sp³-hybridized carbons (Fsp3) is 0.200. The van der Waals surface area contributed by atoms with E-state index in [1.165, 1.54) is 11.7 Å². The average Bonchev–Trinajstić information content (AvgIpc) is 2.82. The molecule has 1 aromatic carbocycles. The molecule has 0 saturated heterocycles. The molecule has 0 radical (unpaired) electrons. The zero-order chi connectivity index (χ0) is 14.1. The number of oxazole rings is 1. The van der Waals surface area contributed by atoms with E-state index in [9.17, 15) is 9.59 Å². The summed E-state index contributed by atoms with van der Waals surface area (Å²) in [7, 11) is 1.35. The Bertz CT molecular complexity index is 737. The molecule has 102 valence electrons. The molecule has 2 aromatic rings. The van der Waals surface area contributed by atoms with E-state index in [1.54, 1.807) is 6.08 Å². The van der Waals surface area contributed by atoms with E-state index in [1.807, 2.05) is 30.3 Å². The van der Waals surface area contributed by atoms with Crippen LogP contribution in [0, 0.1) is 0 Å². The number of hydrogen-bond donors (Lipinski definition) is 0. The SMILES string of the molecule is COC(=O)C1=CCc2oc(=O)n(-c3ccccc3)c2C1. The highest BCUT2D eigenvalue weighted by molar-refractivity contribution is 5.89. The lowest BCUT2D eigenvalue weighted by atomic mass is 10.0. The molecule has 0 spiro atoms. The lowest BCUT2D eigenvalue weighted by Gasteiger charge is -2.13. The molecule has 1 aliphatic carbocycles. The van der Waals surface area contributed by atoms with Gasteiger partial charge in [-0.15, -0.1) is 0 Å². The minimum absolute atomic E-state index is 0.336. The van der Waals surface area contributed by atoms with Crippen LogP contribution in [0.15, 0.2) is 51.2 Å². The number of esters is 1. The summed E-state index contributed by atoms with van der Waals surface area (Å²) >= 11 is 0. The molecular weight excluding hydrogens is 258 g/mol. The number of allylic oxidation sites excluding steroid dienone is 1. The highest BCUT2D eigenvalue weighted by Crippen LogP contribution is 2.23. The average molecular weight is 271 g/mol. The maximum absolute atomic E-state index is 12.0. The molecule has 0 bridgehead atoms. The van der Waals surface area contributed by atoms with Gasteiger partial charge >= 0.3 is 11.7 Å². The smallest absolute Gasteiger partial charge is 0.424 e. The minimum atomic E-state index is -0.430. The lowest BCUT2D eigenvalue weighted by Crippen LogP contribution is -2.18. The summed E-state index contributed by atoms with van der Waals surface area (Å²) in [5.74, 6) is -0.198. The molecule has 0 unspecified atom stereocenters. The number of fused-ring (bicyclic) bond motifs is 1. The molecular formula is C15H13NO4. The van der Waals surface area contributed by atoms with Gasteiger partial charge in [-0.05, 0) is 12.1 Å². The van der Waals surface area contributed by atoms with Crippen LogP contribution in [0.3, 0.4) is 0 Å². The van der Waals surface area contributed by atoms with Gasteiger partial charge < -0.3 is 9.15 Å². The van der Waals surface area contributed by atoms with Crippen LogP contribution in [0.2, 0.25) is 0 Å². The van der Waals surface area contributed by atoms with Crippen molar-refractivity contribution in [1.82, 2.24) is 4.57 Å². The number of aromatic nitrogens is 1. The van der Waals surface area contributed by atoms with Crippen LogP contribution in [-0.2, 0) is 22.4 Å². The molecule has 3 rings (SSSR count). The van der Waals surface area contributed by atoms with Gasteiger partial charge in [-0.25, -0.2) is 14.2 Å². The summed E-state index contributed by atoms with van der Waals surface area (Å²) in [6.45, 7) is 0. The number of methoxy groups -OCH3 is 1. The summed E-state index contributed by atoms with van der Waals surface area (Å²) in [6.07, 6.45) is 2.50. The summed E-state index contributed by atoms with van der Waals surface area (Å²) in [5.41, 5.74) is 1.99. The topological polar surface area (TPSA) is 61.4 Å². The minimum Gasteiger partial charge on any atom is -0.466 e. The molecule has 5 nitrogen and oxygen atoms in total. The Hall–Kier alpha value is -2.56. The Morgan fingerprint density at radius 2 is 2.05 bits per heavy atom. The van der Waals surface area contributed by atoms with Crippen LogP contribution in [-0.4, -0.2) is 17.6 Å². The van der Waals surface area contributed by atoms with Crippen LogP contribution < -0.4 is 5.76 Å². The summed E-state index contributed by atoms with van der Waals surface area (Å²) in [6, 6.07) is 9.23. The summed E-state index contributed by atoms with van der Waals surface area (Å²) in [4.78, 5) is 23.6. The monoisotopic (exact) mass is 271 g/mol. The number of rotatable bonds is 2. The molecule has 0 N–H and O–H groups in total. The third-order valence-electron chi connectivity index (χ3n) is 3.34. The van der Waals surface area contributed by atoms with E-state index >= 15 is 0 Å². The van der Waals surface area contributed by atoms with Crippen molar-refractivity contribution in [2.45, 2.75) is 12.8 Å². The standard InChI is InChI=1S/C15H13NO4/c1-19-14(17)10-7-8-13-12(9-10)16(15(18)20-13)11-5-3-2-4-6-11/h2-7H,8-9H2,1H3.